The van der Waals surface area contributed by atoms with Gasteiger partial charge in [0.2, 0.25) is 0 Å². The predicted octanol–water partition coefficient (Wildman–Crippen LogP) is 3.07. The molecular formula is C21H21ClNO8P. The number of piperidine rings is 1. The van der Waals surface area contributed by atoms with Gasteiger partial charge in [-0.3, -0.25) is 14.6 Å². The molecule has 1 aliphatic heterocycles. The van der Waals surface area contributed by atoms with E-state index in [4.69, 9.17) is 21.5 Å². The van der Waals surface area contributed by atoms with E-state index in [1.54, 1.807) is 24.3 Å². The zero-order valence-corrected chi connectivity index (χ0v) is 18.0. The number of aromatic hydroxyl groups is 1. The number of likely N-dealkylation sites (tertiary alicyclic amines) is 1. The Labute approximate surface area is 193 Å². The number of phosphoric acid groups is 1. The van der Waals surface area contributed by atoms with Gasteiger partial charge in [0.15, 0.2) is 5.43 Å². The number of rotatable bonds is 4. The van der Waals surface area contributed by atoms with Crippen molar-refractivity contribution in [1.29, 1.82) is 0 Å². The molecule has 2 heterocycles. The van der Waals surface area contributed by atoms with Gasteiger partial charge in [-0.2, -0.15) is 0 Å². The first-order valence-electron chi connectivity index (χ1n) is 11.5. The second kappa shape index (κ2) is 8.51. The molecule has 0 spiro atoms. The SMILES string of the molecule is [2H]c1c(O)c([C@H]2CCN(C([2H])([2H])[2H])C[C@H]2O)c2oc(-c3ccccc3Cl)cc(=O)c2c1OP(=O)(O)O. The first-order valence-corrected chi connectivity index (χ1v) is 11.4. The largest absolute Gasteiger partial charge is 0.524 e. The van der Waals surface area contributed by atoms with Crippen LogP contribution in [0.2, 0.25) is 5.02 Å². The fourth-order valence-electron chi connectivity index (χ4n) is 3.84. The van der Waals surface area contributed by atoms with Gasteiger partial charge in [0.25, 0.3) is 0 Å². The first kappa shape index (κ1) is 18.1. The zero-order valence-electron chi connectivity index (χ0n) is 20.4. The summed E-state index contributed by atoms with van der Waals surface area (Å²) in [5.74, 6) is -2.76. The van der Waals surface area contributed by atoms with Crippen molar-refractivity contribution >= 4 is 30.4 Å². The second-order valence-corrected chi connectivity index (χ2v) is 8.94. The molecule has 0 saturated carbocycles. The molecule has 170 valence electrons. The molecule has 0 aliphatic carbocycles. The molecule has 2 atom stereocenters. The van der Waals surface area contributed by atoms with Crippen molar-refractivity contribution in [3.8, 4) is 22.8 Å². The third-order valence-corrected chi connectivity index (χ3v) is 5.96. The van der Waals surface area contributed by atoms with Crippen LogP contribution in [0.4, 0.5) is 0 Å². The summed E-state index contributed by atoms with van der Waals surface area (Å²) in [5.41, 5.74) is -1.11. The number of phenolic OH excluding ortho intramolecular Hbond substituents is 1. The highest BCUT2D eigenvalue weighted by atomic mass is 35.5. The van der Waals surface area contributed by atoms with Crippen LogP contribution in [0, 0.1) is 0 Å². The van der Waals surface area contributed by atoms with Crippen molar-refractivity contribution in [2.75, 3.05) is 20.1 Å². The summed E-state index contributed by atoms with van der Waals surface area (Å²) in [5, 5.41) is 21.4. The lowest BCUT2D eigenvalue weighted by Gasteiger charge is -2.34. The smallest absolute Gasteiger partial charge is 0.507 e. The third kappa shape index (κ3) is 4.41. The monoisotopic (exact) mass is 485 g/mol. The van der Waals surface area contributed by atoms with Crippen molar-refractivity contribution in [1.82, 2.24) is 4.90 Å². The van der Waals surface area contributed by atoms with Crippen LogP contribution in [0.5, 0.6) is 11.5 Å². The Morgan fingerprint density at radius 2 is 2.12 bits per heavy atom. The van der Waals surface area contributed by atoms with Crippen LogP contribution >= 0.6 is 19.4 Å². The van der Waals surface area contributed by atoms with Crippen molar-refractivity contribution < 1.29 is 39.0 Å². The maximum Gasteiger partial charge on any atom is 0.524 e. The van der Waals surface area contributed by atoms with Crippen molar-refractivity contribution in [2.45, 2.75) is 18.4 Å². The van der Waals surface area contributed by atoms with Crippen LogP contribution in [0.25, 0.3) is 22.3 Å². The summed E-state index contributed by atoms with van der Waals surface area (Å²) in [6.45, 7) is -2.78. The van der Waals surface area contributed by atoms with Crippen LogP contribution in [0.3, 0.4) is 0 Å². The van der Waals surface area contributed by atoms with Gasteiger partial charge in [-0.25, -0.2) is 4.57 Å². The number of aliphatic hydroxyl groups excluding tert-OH is 1. The van der Waals surface area contributed by atoms with Crippen molar-refractivity contribution in [3.05, 3.63) is 57.2 Å². The van der Waals surface area contributed by atoms with E-state index in [2.05, 4.69) is 4.52 Å². The average molecular weight is 486 g/mol. The maximum atomic E-state index is 13.2. The van der Waals surface area contributed by atoms with Crippen LogP contribution in [-0.4, -0.2) is 51.1 Å². The molecular weight excluding hydrogens is 461 g/mol. The molecule has 1 aromatic heterocycles. The molecule has 0 unspecified atom stereocenters. The molecule has 1 saturated heterocycles. The van der Waals surface area contributed by atoms with Crippen molar-refractivity contribution in [3.63, 3.8) is 0 Å². The summed E-state index contributed by atoms with van der Waals surface area (Å²) in [6.07, 6.45) is -1.35. The Kier molecular flexibility index (Phi) is 4.81. The Hall–Kier alpha value is -2.39. The zero-order chi connectivity index (χ0) is 26.6. The van der Waals surface area contributed by atoms with Gasteiger partial charge in [0.05, 0.1) is 12.5 Å². The molecule has 4 N–H and O–H groups in total. The van der Waals surface area contributed by atoms with Gasteiger partial charge in [0.1, 0.15) is 28.2 Å². The highest BCUT2D eigenvalue weighted by Crippen LogP contribution is 2.47. The highest BCUT2D eigenvalue weighted by molar-refractivity contribution is 7.46. The molecule has 3 aromatic rings. The number of likely N-dealkylation sites (N-methyl/N-ethyl adjacent to an activating group) is 1. The summed E-state index contributed by atoms with van der Waals surface area (Å²) in [4.78, 5) is 33.0. The summed E-state index contributed by atoms with van der Waals surface area (Å²) in [6, 6.07) is 6.49. The molecule has 4 rings (SSSR count). The lowest BCUT2D eigenvalue weighted by Crippen LogP contribution is -2.40. The second-order valence-electron chi connectivity index (χ2n) is 7.37. The standard InChI is InChI=1S/C21H21ClNO8P/c1-23-7-6-12(16(26)10-23)19-14(24)9-18(31-32(27,28)29)20-15(25)8-17(30-21(19)20)11-4-2-3-5-13(11)22/h2-5,8-9,12,16,24,26H,6-7,10H2,1H3,(H2,27,28,29)/t12-,16+/m0/s1/i1D3,9D. The molecule has 32 heavy (non-hydrogen) atoms. The minimum atomic E-state index is -5.27. The van der Waals surface area contributed by atoms with Crippen LogP contribution < -0.4 is 9.95 Å². The number of benzene rings is 2. The number of phenols is 1. The van der Waals surface area contributed by atoms with E-state index in [-0.39, 0.29) is 41.4 Å². The fourth-order valence-corrected chi connectivity index (χ4v) is 4.44. The van der Waals surface area contributed by atoms with E-state index >= 15 is 0 Å². The quantitative estimate of drug-likeness (QED) is 0.410. The number of nitrogens with zero attached hydrogens (tertiary/aromatic N) is 1. The summed E-state index contributed by atoms with van der Waals surface area (Å²) in [7, 11) is -5.27. The molecule has 0 bridgehead atoms. The number of β-amino-alcohol motifs (C(OH)–C–C–N with tert-alkyl or cyclic N) is 1. The number of fused-ring (bicyclic) bond motifs is 1. The fraction of sp³-hybridized carbons (Fsp3) is 0.286. The normalized spacial score (nSPS) is 22.1. The molecule has 2 aromatic carbocycles. The van der Waals surface area contributed by atoms with Gasteiger partial charge >= 0.3 is 7.82 Å². The van der Waals surface area contributed by atoms with Gasteiger partial charge in [-0.15, -0.1) is 0 Å². The van der Waals surface area contributed by atoms with E-state index in [9.17, 15) is 29.4 Å². The Balaban J connectivity index is 2.01. The Morgan fingerprint density at radius 1 is 1.38 bits per heavy atom. The Morgan fingerprint density at radius 3 is 2.78 bits per heavy atom. The topological polar surface area (TPSA) is 141 Å². The molecule has 11 heteroatoms. The van der Waals surface area contributed by atoms with E-state index < -0.39 is 55.2 Å². The van der Waals surface area contributed by atoms with Crippen LogP contribution in [-0.2, 0) is 4.57 Å². The minimum Gasteiger partial charge on any atom is -0.507 e. The number of aliphatic hydroxyl groups is 1. The summed E-state index contributed by atoms with van der Waals surface area (Å²) >= 11 is 6.24. The van der Waals surface area contributed by atoms with Gasteiger partial charge in [-0.05, 0) is 32.1 Å². The predicted molar refractivity (Wildman–Crippen MR) is 118 cm³/mol. The average Bonchev–Trinajstić information content (AvgIpc) is 2.76. The lowest BCUT2D eigenvalue weighted by molar-refractivity contribution is 0.0630. The number of phosphoric ester groups is 1. The van der Waals surface area contributed by atoms with E-state index in [0.29, 0.717) is 5.56 Å². The van der Waals surface area contributed by atoms with E-state index in [0.717, 1.165) is 11.0 Å². The van der Waals surface area contributed by atoms with Gasteiger partial charge < -0.3 is 24.1 Å². The van der Waals surface area contributed by atoms with Crippen molar-refractivity contribution in [2.24, 2.45) is 0 Å². The van der Waals surface area contributed by atoms with E-state index in [1.807, 2.05) is 0 Å². The highest BCUT2D eigenvalue weighted by Gasteiger charge is 2.34. The first-order chi connectivity index (χ1) is 16.7. The molecule has 1 aliphatic rings. The third-order valence-electron chi connectivity index (χ3n) is 5.21. The van der Waals surface area contributed by atoms with E-state index in [1.165, 1.54) is 0 Å². The maximum absolute atomic E-state index is 13.2. The van der Waals surface area contributed by atoms with Gasteiger partial charge in [0, 0.05) is 39.8 Å². The molecule has 0 radical (unpaired) electrons. The molecule has 0 amide bonds. The molecule has 1 fully saturated rings. The summed E-state index contributed by atoms with van der Waals surface area (Å²) < 4.78 is 53.1. The number of halogens is 1. The van der Waals surface area contributed by atoms with Crippen LogP contribution in [0.15, 0.2) is 45.6 Å². The van der Waals surface area contributed by atoms with Gasteiger partial charge in [-0.1, -0.05) is 23.7 Å². The minimum absolute atomic E-state index is 0.000382. The number of hydrogen-bond donors (Lipinski definition) is 4. The van der Waals surface area contributed by atoms with Crippen LogP contribution in [0.1, 0.15) is 23.4 Å². The Bertz CT molecular complexity index is 1440. The lowest BCUT2D eigenvalue weighted by atomic mass is 9.85. The number of hydrogen-bond acceptors (Lipinski definition) is 7. The molecule has 9 nitrogen and oxygen atoms in total.